The van der Waals surface area contributed by atoms with E-state index in [9.17, 15) is 13.2 Å². The van der Waals surface area contributed by atoms with Crippen LogP contribution in [0.1, 0.15) is 39.5 Å². The van der Waals surface area contributed by atoms with Crippen LogP contribution in [0.5, 0.6) is 5.88 Å². The van der Waals surface area contributed by atoms with Gasteiger partial charge in [-0.1, -0.05) is 6.42 Å². The highest BCUT2D eigenvalue weighted by Gasteiger charge is 2.42. The molecule has 2 rings (SSSR count). The van der Waals surface area contributed by atoms with E-state index in [1.807, 2.05) is 13.8 Å². The number of pyridine rings is 1. The lowest BCUT2D eigenvalue weighted by molar-refractivity contribution is -0.182. The van der Waals surface area contributed by atoms with E-state index in [1.165, 1.54) is 0 Å². The molecule has 1 aromatic heterocycles. The van der Waals surface area contributed by atoms with Crippen LogP contribution in [0.2, 0.25) is 0 Å². The van der Waals surface area contributed by atoms with Crippen molar-refractivity contribution in [2.24, 2.45) is 5.92 Å². The molecule has 0 aliphatic heterocycles. The molecule has 0 bridgehead atoms. The van der Waals surface area contributed by atoms with Crippen molar-refractivity contribution in [3.05, 3.63) is 18.3 Å². The summed E-state index contributed by atoms with van der Waals surface area (Å²) in [6.45, 7) is 3.78. The average molecular weight is 302 g/mol. The van der Waals surface area contributed by atoms with Crippen molar-refractivity contribution in [3.63, 3.8) is 0 Å². The lowest BCUT2D eigenvalue weighted by Gasteiger charge is -2.31. The minimum absolute atomic E-state index is 0.0327. The van der Waals surface area contributed by atoms with E-state index < -0.39 is 12.1 Å². The van der Waals surface area contributed by atoms with Gasteiger partial charge in [-0.25, -0.2) is 4.98 Å². The van der Waals surface area contributed by atoms with Crippen molar-refractivity contribution in [1.82, 2.24) is 4.98 Å². The first kappa shape index (κ1) is 15.9. The minimum Gasteiger partial charge on any atom is -0.473 e. The van der Waals surface area contributed by atoms with E-state index in [4.69, 9.17) is 4.74 Å². The molecule has 1 heterocycles. The van der Waals surface area contributed by atoms with Crippen LogP contribution in [0.25, 0.3) is 0 Å². The fourth-order valence-electron chi connectivity index (χ4n) is 2.66. The third-order valence-corrected chi connectivity index (χ3v) is 3.62. The zero-order valence-electron chi connectivity index (χ0n) is 12.3. The molecule has 0 saturated heterocycles. The maximum atomic E-state index is 12.8. The van der Waals surface area contributed by atoms with Crippen molar-refractivity contribution in [2.45, 2.75) is 57.9 Å². The van der Waals surface area contributed by atoms with E-state index >= 15 is 0 Å². The standard InChI is InChI=1S/C15H21F3N2O/c1-10(2)21-14-13(7-4-8-19-14)20-12-6-3-5-11(9-12)15(16,17)18/h4,7-8,10-12,20H,3,5-6,9H2,1-2H3. The number of hydrogen-bond donors (Lipinski definition) is 1. The maximum absolute atomic E-state index is 12.8. The van der Waals surface area contributed by atoms with Gasteiger partial charge in [0.05, 0.1) is 17.7 Å². The Morgan fingerprint density at radius 2 is 2.10 bits per heavy atom. The first-order valence-electron chi connectivity index (χ1n) is 7.31. The Morgan fingerprint density at radius 1 is 1.33 bits per heavy atom. The first-order chi connectivity index (χ1) is 9.86. The number of halogens is 3. The molecule has 0 aromatic carbocycles. The van der Waals surface area contributed by atoms with Gasteiger partial charge in [0.2, 0.25) is 5.88 Å². The third kappa shape index (κ3) is 4.51. The predicted molar refractivity (Wildman–Crippen MR) is 75.4 cm³/mol. The van der Waals surface area contributed by atoms with Crippen LogP contribution in [-0.4, -0.2) is 23.3 Å². The topological polar surface area (TPSA) is 34.1 Å². The molecule has 118 valence electrons. The van der Waals surface area contributed by atoms with Gasteiger partial charge in [0.15, 0.2) is 0 Å². The highest BCUT2D eigenvalue weighted by Crippen LogP contribution is 2.38. The summed E-state index contributed by atoms with van der Waals surface area (Å²) < 4.78 is 44.1. The average Bonchev–Trinajstić information content (AvgIpc) is 2.40. The van der Waals surface area contributed by atoms with E-state index in [-0.39, 0.29) is 25.0 Å². The van der Waals surface area contributed by atoms with E-state index in [0.29, 0.717) is 18.0 Å². The van der Waals surface area contributed by atoms with Crippen molar-refractivity contribution in [1.29, 1.82) is 0 Å². The summed E-state index contributed by atoms with van der Waals surface area (Å²) in [5.74, 6) is -0.767. The molecule has 1 saturated carbocycles. The molecule has 2 unspecified atom stereocenters. The summed E-state index contributed by atoms with van der Waals surface area (Å²) in [5, 5.41) is 3.17. The van der Waals surface area contributed by atoms with Crippen LogP contribution in [-0.2, 0) is 0 Å². The van der Waals surface area contributed by atoms with E-state index in [1.54, 1.807) is 18.3 Å². The summed E-state index contributed by atoms with van der Waals surface area (Å²) in [7, 11) is 0. The minimum atomic E-state index is -4.10. The first-order valence-corrected chi connectivity index (χ1v) is 7.31. The van der Waals surface area contributed by atoms with Crippen molar-refractivity contribution < 1.29 is 17.9 Å². The monoisotopic (exact) mass is 302 g/mol. The fourth-order valence-corrected chi connectivity index (χ4v) is 2.66. The number of hydrogen-bond acceptors (Lipinski definition) is 3. The molecule has 1 aliphatic carbocycles. The van der Waals surface area contributed by atoms with Crippen LogP contribution in [0.15, 0.2) is 18.3 Å². The number of ether oxygens (including phenoxy) is 1. The van der Waals surface area contributed by atoms with Crippen LogP contribution in [0, 0.1) is 5.92 Å². The lowest BCUT2D eigenvalue weighted by Crippen LogP contribution is -2.34. The number of nitrogens with one attached hydrogen (secondary N) is 1. The fraction of sp³-hybridized carbons (Fsp3) is 0.667. The van der Waals surface area contributed by atoms with Crippen LogP contribution in [0.4, 0.5) is 18.9 Å². The molecule has 1 fully saturated rings. The number of nitrogens with zero attached hydrogens (tertiary/aromatic N) is 1. The van der Waals surface area contributed by atoms with Gasteiger partial charge < -0.3 is 10.1 Å². The quantitative estimate of drug-likeness (QED) is 0.895. The van der Waals surface area contributed by atoms with Gasteiger partial charge in [-0.2, -0.15) is 13.2 Å². The molecular weight excluding hydrogens is 281 g/mol. The van der Waals surface area contributed by atoms with Gasteiger partial charge >= 0.3 is 6.18 Å². The van der Waals surface area contributed by atoms with Gasteiger partial charge in [-0.3, -0.25) is 0 Å². The number of aromatic nitrogens is 1. The molecule has 1 aliphatic rings. The normalized spacial score (nSPS) is 23.1. The summed E-state index contributed by atoms with van der Waals surface area (Å²) >= 11 is 0. The Kier molecular flexibility index (Phi) is 4.96. The highest BCUT2D eigenvalue weighted by atomic mass is 19.4. The Bertz CT molecular complexity index is 462. The van der Waals surface area contributed by atoms with Crippen molar-refractivity contribution >= 4 is 5.69 Å². The second-order valence-corrected chi connectivity index (χ2v) is 5.77. The summed E-state index contributed by atoms with van der Waals surface area (Å²) in [6, 6.07) is 3.35. The summed E-state index contributed by atoms with van der Waals surface area (Å²) in [5.41, 5.74) is 0.666. The molecule has 0 spiro atoms. The number of rotatable bonds is 4. The highest BCUT2D eigenvalue weighted by molar-refractivity contribution is 5.52. The van der Waals surface area contributed by atoms with E-state index in [2.05, 4.69) is 10.3 Å². The zero-order chi connectivity index (χ0) is 15.5. The molecule has 2 atom stereocenters. The molecule has 0 radical (unpaired) electrons. The smallest absolute Gasteiger partial charge is 0.391 e. The predicted octanol–water partition coefficient (Wildman–Crippen LogP) is 4.40. The molecule has 1 aromatic rings. The van der Waals surface area contributed by atoms with E-state index in [0.717, 1.165) is 6.42 Å². The van der Waals surface area contributed by atoms with Crippen LogP contribution >= 0.6 is 0 Å². The zero-order valence-corrected chi connectivity index (χ0v) is 12.3. The Hall–Kier alpha value is -1.46. The second kappa shape index (κ2) is 6.54. The summed E-state index contributed by atoms with van der Waals surface area (Å²) in [4.78, 5) is 4.15. The molecule has 1 N–H and O–H groups in total. The number of alkyl halides is 3. The van der Waals surface area contributed by atoms with Gasteiger partial charge in [0.1, 0.15) is 0 Å². The third-order valence-electron chi connectivity index (χ3n) is 3.62. The number of anilines is 1. The molecular formula is C15H21F3N2O. The molecule has 3 nitrogen and oxygen atoms in total. The Balaban J connectivity index is 2.04. The Labute approximate surface area is 122 Å². The van der Waals surface area contributed by atoms with Crippen LogP contribution in [0.3, 0.4) is 0 Å². The van der Waals surface area contributed by atoms with Gasteiger partial charge in [-0.05, 0) is 45.2 Å². The summed E-state index contributed by atoms with van der Waals surface area (Å²) in [6.07, 6.45) is -0.863. The van der Waals surface area contributed by atoms with Gasteiger partial charge in [0.25, 0.3) is 0 Å². The SMILES string of the molecule is CC(C)Oc1ncccc1NC1CCCC(C(F)(F)F)C1. The van der Waals surface area contributed by atoms with Gasteiger partial charge in [-0.15, -0.1) is 0 Å². The Morgan fingerprint density at radius 3 is 2.76 bits per heavy atom. The molecule has 21 heavy (non-hydrogen) atoms. The molecule has 0 amide bonds. The van der Waals surface area contributed by atoms with Crippen LogP contribution < -0.4 is 10.1 Å². The largest absolute Gasteiger partial charge is 0.473 e. The van der Waals surface area contributed by atoms with Crippen molar-refractivity contribution in [3.8, 4) is 5.88 Å². The van der Waals surface area contributed by atoms with Gasteiger partial charge in [0, 0.05) is 12.2 Å². The maximum Gasteiger partial charge on any atom is 0.391 e. The molecule has 6 heteroatoms. The lowest BCUT2D eigenvalue weighted by atomic mass is 9.85. The van der Waals surface area contributed by atoms with Crippen molar-refractivity contribution in [2.75, 3.05) is 5.32 Å². The second-order valence-electron chi connectivity index (χ2n) is 5.77.